The van der Waals surface area contributed by atoms with Crippen molar-refractivity contribution in [2.24, 2.45) is 10.2 Å². The van der Waals surface area contributed by atoms with Crippen molar-refractivity contribution in [1.82, 2.24) is 5.43 Å². The molecule has 3 aromatic carbocycles. The number of anilines is 1. The summed E-state index contributed by atoms with van der Waals surface area (Å²) in [7, 11) is 0. The smallest absolute Gasteiger partial charge is 0.271 e. The number of carbonyl (C=O) groups is 1. The molecule has 0 radical (unpaired) electrons. The van der Waals surface area contributed by atoms with E-state index < -0.39 is 0 Å². The third-order valence-corrected chi connectivity index (χ3v) is 4.74. The zero-order chi connectivity index (χ0) is 21.5. The van der Waals surface area contributed by atoms with E-state index in [0.29, 0.717) is 5.56 Å². The number of benzene rings is 3. The molecule has 0 saturated heterocycles. The van der Waals surface area contributed by atoms with Crippen molar-refractivity contribution in [1.29, 1.82) is 0 Å². The van der Waals surface area contributed by atoms with Crippen molar-refractivity contribution in [3.05, 3.63) is 101 Å². The summed E-state index contributed by atoms with van der Waals surface area (Å²) in [5.41, 5.74) is 12.9. The first kappa shape index (κ1) is 21.0. The number of nitrogens with zero attached hydrogens (tertiary/aromatic N) is 2. The first-order valence-electron chi connectivity index (χ1n) is 9.81. The van der Waals surface area contributed by atoms with Crippen LogP contribution < -0.4 is 10.9 Å². The summed E-state index contributed by atoms with van der Waals surface area (Å²) in [6.07, 6.45) is 0. The first-order valence-corrected chi connectivity index (χ1v) is 9.81. The summed E-state index contributed by atoms with van der Waals surface area (Å²) < 4.78 is 0. The van der Waals surface area contributed by atoms with Crippen LogP contribution in [0.4, 0.5) is 5.69 Å². The highest BCUT2D eigenvalue weighted by molar-refractivity contribution is 6.01. The molecule has 3 aromatic rings. The van der Waals surface area contributed by atoms with Crippen LogP contribution in [0.5, 0.6) is 0 Å². The zero-order valence-electron chi connectivity index (χ0n) is 17.7. The van der Waals surface area contributed by atoms with Gasteiger partial charge in [0.2, 0.25) is 0 Å². The third kappa shape index (κ3) is 5.64. The Hall–Kier alpha value is -3.73. The maximum Gasteiger partial charge on any atom is 0.271 e. The average molecular weight is 399 g/mol. The lowest BCUT2D eigenvalue weighted by atomic mass is 10.1. The molecule has 1 amide bonds. The highest BCUT2D eigenvalue weighted by Gasteiger charge is 2.06. The maximum absolute atomic E-state index is 12.5. The summed E-state index contributed by atoms with van der Waals surface area (Å²) in [6, 6.07) is 23.4. The van der Waals surface area contributed by atoms with Gasteiger partial charge in [0.25, 0.3) is 5.91 Å². The maximum atomic E-state index is 12.5. The van der Waals surface area contributed by atoms with Gasteiger partial charge in [0.1, 0.15) is 0 Å². The van der Waals surface area contributed by atoms with Crippen molar-refractivity contribution in [3.63, 3.8) is 0 Å². The number of amides is 1. The van der Waals surface area contributed by atoms with Gasteiger partial charge in [-0.3, -0.25) is 10.2 Å². The molecular formula is C25H26N4O. The van der Waals surface area contributed by atoms with Crippen LogP contribution in [0.15, 0.2) is 83.0 Å². The van der Waals surface area contributed by atoms with Gasteiger partial charge in [0.15, 0.2) is 0 Å². The molecule has 0 unspecified atom stereocenters. The second-order valence-electron chi connectivity index (χ2n) is 7.26. The molecule has 0 saturated carbocycles. The van der Waals surface area contributed by atoms with E-state index in [-0.39, 0.29) is 5.91 Å². The molecule has 0 aliphatic heterocycles. The largest absolute Gasteiger partial charge is 0.278 e. The number of hydrogen-bond donors (Lipinski definition) is 2. The van der Waals surface area contributed by atoms with E-state index in [9.17, 15) is 4.79 Å². The fourth-order valence-electron chi connectivity index (χ4n) is 2.80. The molecule has 0 aromatic heterocycles. The molecule has 0 atom stereocenters. The topological polar surface area (TPSA) is 65.8 Å². The quantitative estimate of drug-likeness (QED) is 0.437. The molecule has 5 heteroatoms. The Labute approximate surface area is 177 Å². The van der Waals surface area contributed by atoms with Crippen LogP contribution in [0.2, 0.25) is 0 Å². The van der Waals surface area contributed by atoms with Gasteiger partial charge in [-0.05, 0) is 57.0 Å². The Bertz CT molecular complexity index is 1080. The van der Waals surface area contributed by atoms with Gasteiger partial charge >= 0.3 is 0 Å². The van der Waals surface area contributed by atoms with Gasteiger partial charge in [-0.15, -0.1) is 0 Å². The van der Waals surface area contributed by atoms with Crippen LogP contribution in [0.1, 0.15) is 46.5 Å². The highest BCUT2D eigenvalue weighted by Crippen LogP contribution is 2.12. The number of rotatable bonds is 6. The van der Waals surface area contributed by atoms with Gasteiger partial charge < -0.3 is 0 Å². The summed E-state index contributed by atoms with van der Waals surface area (Å²) in [6.45, 7) is 7.89. The van der Waals surface area contributed by atoms with Crippen LogP contribution >= 0.6 is 0 Å². The molecule has 0 spiro atoms. The van der Waals surface area contributed by atoms with E-state index in [1.54, 1.807) is 12.1 Å². The van der Waals surface area contributed by atoms with Crippen molar-refractivity contribution in [2.75, 3.05) is 5.43 Å². The third-order valence-electron chi connectivity index (χ3n) is 4.74. The van der Waals surface area contributed by atoms with E-state index in [1.807, 2.05) is 69.3 Å². The highest BCUT2D eigenvalue weighted by atomic mass is 16.2. The standard InChI is InChI=1S/C25H26N4O/c1-17-8-12-21(13-9-17)19(3)26-28-24-7-5-6-23(16-24)25(30)29-27-20(4)22-14-10-18(2)11-15-22/h5-16,28H,1-4H3,(H,29,30)/b26-19+,27-20+. The van der Waals surface area contributed by atoms with Crippen molar-refractivity contribution in [2.45, 2.75) is 27.7 Å². The van der Waals surface area contributed by atoms with Gasteiger partial charge in [0.05, 0.1) is 17.1 Å². The SMILES string of the molecule is C/C(=N\NC(=O)c1cccc(N/N=C(\C)c2ccc(C)cc2)c1)c1ccc(C)cc1. The summed E-state index contributed by atoms with van der Waals surface area (Å²) in [4.78, 5) is 12.5. The molecular weight excluding hydrogens is 372 g/mol. The van der Waals surface area contributed by atoms with Gasteiger partial charge in [-0.2, -0.15) is 10.2 Å². The molecule has 2 N–H and O–H groups in total. The first-order chi connectivity index (χ1) is 14.4. The van der Waals surface area contributed by atoms with E-state index in [4.69, 9.17) is 0 Å². The lowest BCUT2D eigenvalue weighted by Gasteiger charge is -2.07. The number of carbonyl (C=O) groups excluding carboxylic acids is 1. The lowest BCUT2D eigenvalue weighted by molar-refractivity contribution is 0.0955. The normalized spacial score (nSPS) is 11.9. The Kier molecular flexibility index (Phi) is 6.75. The molecule has 0 bridgehead atoms. The van der Waals surface area contributed by atoms with E-state index in [2.05, 4.69) is 40.1 Å². The van der Waals surface area contributed by atoms with Crippen LogP contribution in [-0.4, -0.2) is 17.3 Å². The summed E-state index contributed by atoms with van der Waals surface area (Å²) in [5.74, 6) is -0.274. The molecule has 0 aliphatic rings. The van der Waals surface area contributed by atoms with E-state index >= 15 is 0 Å². The van der Waals surface area contributed by atoms with E-state index in [0.717, 1.165) is 28.2 Å². The minimum Gasteiger partial charge on any atom is -0.278 e. The molecule has 0 aliphatic carbocycles. The van der Waals surface area contributed by atoms with Gasteiger partial charge in [0, 0.05) is 5.56 Å². The van der Waals surface area contributed by atoms with Crippen molar-refractivity contribution >= 4 is 23.0 Å². The average Bonchev–Trinajstić information content (AvgIpc) is 2.76. The Morgan fingerprint density at radius 3 is 1.80 bits per heavy atom. The number of nitrogens with one attached hydrogen (secondary N) is 2. The fourth-order valence-corrected chi connectivity index (χ4v) is 2.80. The Morgan fingerprint density at radius 2 is 1.23 bits per heavy atom. The monoisotopic (exact) mass is 398 g/mol. The number of hydrogen-bond acceptors (Lipinski definition) is 4. The predicted octanol–water partition coefficient (Wildman–Crippen LogP) is 5.29. The van der Waals surface area contributed by atoms with E-state index in [1.165, 1.54) is 11.1 Å². The molecule has 152 valence electrons. The molecule has 5 nitrogen and oxygen atoms in total. The van der Waals surface area contributed by atoms with Crippen LogP contribution in [0, 0.1) is 13.8 Å². The predicted molar refractivity (Wildman–Crippen MR) is 124 cm³/mol. The fraction of sp³-hybridized carbons (Fsp3) is 0.160. The minimum absolute atomic E-state index is 0.274. The summed E-state index contributed by atoms with van der Waals surface area (Å²) in [5, 5.41) is 8.64. The Morgan fingerprint density at radius 1 is 0.700 bits per heavy atom. The van der Waals surface area contributed by atoms with Crippen molar-refractivity contribution < 1.29 is 4.79 Å². The van der Waals surface area contributed by atoms with Crippen LogP contribution in [0.3, 0.4) is 0 Å². The van der Waals surface area contributed by atoms with Gasteiger partial charge in [-0.1, -0.05) is 65.7 Å². The summed E-state index contributed by atoms with van der Waals surface area (Å²) >= 11 is 0. The van der Waals surface area contributed by atoms with Gasteiger partial charge in [-0.25, -0.2) is 5.43 Å². The lowest BCUT2D eigenvalue weighted by Crippen LogP contribution is -2.19. The molecule has 3 rings (SSSR count). The molecule has 0 fully saturated rings. The van der Waals surface area contributed by atoms with Crippen LogP contribution in [0.25, 0.3) is 0 Å². The van der Waals surface area contributed by atoms with Crippen molar-refractivity contribution in [3.8, 4) is 0 Å². The zero-order valence-corrected chi connectivity index (χ0v) is 17.7. The molecule has 0 heterocycles. The molecule has 30 heavy (non-hydrogen) atoms. The van der Waals surface area contributed by atoms with Crippen LogP contribution in [-0.2, 0) is 0 Å². The second kappa shape index (κ2) is 9.65. The second-order valence-corrected chi connectivity index (χ2v) is 7.26. The minimum atomic E-state index is -0.274. The number of hydrazone groups is 2. The Balaban J connectivity index is 1.66. The number of aryl methyl sites for hydroxylation is 2.